The summed E-state index contributed by atoms with van der Waals surface area (Å²) in [5.41, 5.74) is 0.695. The Morgan fingerprint density at radius 2 is 1.90 bits per heavy atom. The minimum Gasteiger partial charge on any atom is -0.341 e. The van der Waals surface area contributed by atoms with Crippen LogP contribution in [0.1, 0.15) is 36.7 Å². The normalized spacial score (nSPS) is 11.8. The monoisotopic (exact) mass is 280 g/mol. The lowest BCUT2D eigenvalue weighted by atomic mass is 10.1. The first kappa shape index (κ1) is 16.1. The molecule has 0 aliphatic carbocycles. The maximum absolute atomic E-state index is 13.7. The Bertz CT molecular complexity index is 499. The smallest absolute Gasteiger partial charge is 0.254 e. The number of nitrogens with one attached hydrogen (secondary N) is 1. The first-order valence-corrected chi connectivity index (χ1v) is 6.76. The number of carbonyl (C=O) groups excluding carboxylic acids is 2. The van der Waals surface area contributed by atoms with Gasteiger partial charge in [0.05, 0.1) is 5.56 Å². The van der Waals surface area contributed by atoms with Crippen molar-refractivity contribution in [3.63, 3.8) is 0 Å². The second kappa shape index (κ2) is 7.03. The third-order valence-corrected chi connectivity index (χ3v) is 3.16. The molecule has 0 heterocycles. The second-order valence-electron chi connectivity index (χ2n) is 4.69. The van der Waals surface area contributed by atoms with Gasteiger partial charge in [-0.15, -0.1) is 0 Å². The van der Waals surface area contributed by atoms with Crippen molar-refractivity contribution in [2.75, 3.05) is 13.1 Å². The van der Waals surface area contributed by atoms with Crippen LogP contribution >= 0.6 is 0 Å². The van der Waals surface area contributed by atoms with Gasteiger partial charge in [0.1, 0.15) is 11.9 Å². The zero-order valence-corrected chi connectivity index (χ0v) is 12.4. The number of amides is 2. The molecule has 1 unspecified atom stereocenters. The summed E-state index contributed by atoms with van der Waals surface area (Å²) in [5.74, 6) is -1.32. The Kier molecular flexibility index (Phi) is 5.67. The lowest BCUT2D eigenvalue weighted by molar-refractivity contribution is -0.132. The van der Waals surface area contributed by atoms with Crippen LogP contribution in [0, 0.1) is 12.7 Å². The fraction of sp³-hybridized carbons (Fsp3) is 0.467. The summed E-state index contributed by atoms with van der Waals surface area (Å²) in [6, 6.07) is 3.71. The number of halogens is 1. The van der Waals surface area contributed by atoms with Crippen molar-refractivity contribution in [2.24, 2.45) is 0 Å². The van der Waals surface area contributed by atoms with Gasteiger partial charge in [0.15, 0.2) is 0 Å². The van der Waals surface area contributed by atoms with Gasteiger partial charge in [-0.3, -0.25) is 9.59 Å². The van der Waals surface area contributed by atoms with Gasteiger partial charge >= 0.3 is 0 Å². The summed E-state index contributed by atoms with van der Waals surface area (Å²) < 4.78 is 13.7. The highest BCUT2D eigenvalue weighted by atomic mass is 19.1. The van der Waals surface area contributed by atoms with E-state index in [9.17, 15) is 14.0 Å². The van der Waals surface area contributed by atoms with E-state index in [4.69, 9.17) is 0 Å². The average molecular weight is 280 g/mol. The van der Waals surface area contributed by atoms with E-state index in [1.165, 1.54) is 12.1 Å². The topological polar surface area (TPSA) is 49.4 Å². The lowest BCUT2D eigenvalue weighted by Gasteiger charge is -2.23. The fourth-order valence-corrected chi connectivity index (χ4v) is 1.95. The maximum atomic E-state index is 13.7. The van der Waals surface area contributed by atoms with Crippen molar-refractivity contribution in [2.45, 2.75) is 33.7 Å². The number of hydrogen-bond donors (Lipinski definition) is 1. The number of benzene rings is 1. The standard InChI is InChI=1S/C15H21FN2O2/c1-5-18(6-2)15(20)11(4)17-14(19)12-8-7-10(3)9-13(12)16/h7-9,11H,5-6H2,1-4H3,(H,17,19). The van der Waals surface area contributed by atoms with E-state index in [2.05, 4.69) is 5.32 Å². The predicted molar refractivity (Wildman–Crippen MR) is 76.0 cm³/mol. The quantitative estimate of drug-likeness (QED) is 0.898. The molecule has 0 bridgehead atoms. The Hall–Kier alpha value is -1.91. The summed E-state index contributed by atoms with van der Waals surface area (Å²) in [5, 5.41) is 2.54. The Morgan fingerprint density at radius 3 is 2.40 bits per heavy atom. The minimum absolute atomic E-state index is 0.0465. The highest BCUT2D eigenvalue weighted by Crippen LogP contribution is 2.10. The molecule has 1 N–H and O–H groups in total. The summed E-state index contributed by atoms with van der Waals surface area (Å²) >= 11 is 0. The number of nitrogens with zero attached hydrogens (tertiary/aromatic N) is 1. The van der Waals surface area contributed by atoms with Crippen molar-refractivity contribution in [3.8, 4) is 0 Å². The Balaban J connectivity index is 2.77. The van der Waals surface area contributed by atoms with Crippen LogP contribution in [0.2, 0.25) is 0 Å². The van der Waals surface area contributed by atoms with Crippen LogP contribution in [-0.4, -0.2) is 35.8 Å². The number of aryl methyl sites for hydroxylation is 1. The number of hydrogen-bond acceptors (Lipinski definition) is 2. The van der Waals surface area contributed by atoms with Gasteiger partial charge in [-0.1, -0.05) is 6.07 Å². The van der Waals surface area contributed by atoms with Gasteiger partial charge in [-0.25, -0.2) is 4.39 Å². The Labute approximate surface area is 119 Å². The molecular formula is C15H21FN2O2. The average Bonchev–Trinajstić information content (AvgIpc) is 2.39. The van der Waals surface area contributed by atoms with E-state index < -0.39 is 17.8 Å². The molecule has 0 aliphatic rings. The van der Waals surface area contributed by atoms with Crippen LogP contribution in [0.25, 0.3) is 0 Å². The van der Waals surface area contributed by atoms with Gasteiger partial charge < -0.3 is 10.2 Å². The molecule has 1 rings (SSSR count). The Morgan fingerprint density at radius 1 is 1.30 bits per heavy atom. The molecule has 5 heteroatoms. The van der Waals surface area contributed by atoms with E-state index in [1.54, 1.807) is 24.8 Å². The maximum Gasteiger partial charge on any atom is 0.254 e. The van der Waals surface area contributed by atoms with Gasteiger partial charge in [-0.2, -0.15) is 0 Å². The highest BCUT2D eigenvalue weighted by Gasteiger charge is 2.21. The van der Waals surface area contributed by atoms with Gasteiger partial charge in [0.25, 0.3) is 5.91 Å². The molecule has 20 heavy (non-hydrogen) atoms. The van der Waals surface area contributed by atoms with Crippen LogP contribution in [0.3, 0.4) is 0 Å². The van der Waals surface area contributed by atoms with Crippen LogP contribution in [-0.2, 0) is 4.79 Å². The molecule has 1 aromatic rings. The molecule has 0 saturated heterocycles. The molecule has 0 radical (unpaired) electrons. The first-order chi connectivity index (χ1) is 9.40. The van der Waals surface area contributed by atoms with E-state index in [0.717, 1.165) is 5.56 Å². The molecule has 4 nitrogen and oxygen atoms in total. The molecule has 0 aromatic heterocycles. The molecule has 0 saturated carbocycles. The SMILES string of the molecule is CCN(CC)C(=O)C(C)NC(=O)c1ccc(C)cc1F. The second-order valence-corrected chi connectivity index (χ2v) is 4.69. The van der Waals surface area contributed by atoms with Crippen molar-refractivity contribution >= 4 is 11.8 Å². The van der Waals surface area contributed by atoms with E-state index in [0.29, 0.717) is 13.1 Å². The summed E-state index contributed by atoms with van der Waals surface area (Å²) in [7, 11) is 0. The molecular weight excluding hydrogens is 259 g/mol. The molecule has 0 aliphatic heterocycles. The summed E-state index contributed by atoms with van der Waals surface area (Å²) in [6.07, 6.45) is 0. The van der Waals surface area contributed by atoms with Crippen molar-refractivity contribution in [1.29, 1.82) is 0 Å². The highest BCUT2D eigenvalue weighted by molar-refractivity contribution is 5.97. The van der Waals surface area contributed by atoms with Gasteiger partial charge in [0, 0.05) is 13.1 Å². The van der Waals surface area contributed by atoms with Crippen LogP contribution in [0.5, 0.6) is 0 Å². The molecule has 0 fully saturated rings. The molecule has 0 spiro atoms. The molecule has 110 valence electrons. The molecule has 1 atom stereocenters. The zero-order chi connectivity index (χ0) is 15.3. The lowest BCUT2D eigenvalue weighted by Crippen LogP contribution is -2.47. The summed E-state index contributed by atoms with van der Waals surface area (Å²) in [6.45, 7) is 8.25. The van der Waals surface area contributed by atoms with Crippen molar-refractivity contribution in [3.05, 3.63) is 35.1 Å². The first-order valence-electron chi connectivity index (χ1n) is 6.76. The minimum atomic E-state index is -0.678. The molecule has 2 amide bonds. The van der Waals surface area contributed by atoms with Crippen molar-refractivity contribution < 1.29 is 14.0 Å². The zero-order valence-electron chi connectivity index (χ0n) is 12.4. The largest absolute Gasteiger partial charge is 0.341 e. The van der Waals surface area contributed by atoms with E-state index >= 15 is 0 Å². The predicted octanol–water partition coefficient (Wildman–Crippen LogP) is 2.12. The van der Waals surface area contributed by atoms with Crippen molar-refractivity contribution in [1.82, 2.24) is 10.2 Å². The fourth-order valence-electron chi connectivity index (χ4n) is 1.95. The van der Waals surface area contributed by atoms with E-state index in [-0.39, 0.29) is 11.5 Å². The number of likely N-dealkylation sites (N-methyl/N-ethyl adjacent to an activating group) is 1. The van der Waals surface area contributed by atoms with Gasteiger partial charge in [-0.05, 0) is 45.4 Å². The number of carbonyl (C=O) groups is 2. The third kappa shape index (κ3) is 3.79. The van der Waals surface area contributed by atoms with Crippen LogP contribution < -0.4 is 5.32 Å². The van der Waals surface area contributed by atoms with Crippen LogP contribution in [0.15, 0.2) is 18.2 Å². The molecule has 1 aromatic carbocycles. The van der Waals surface area contributed by atoms with Crippen LogP contribution in [0.4, 0.5) is 4.39 Å². The third-order valence-electron chi connectivity index (χ3n) is 3.16. The number of rotatable bonds is 5. The van der Waals surface area contributed by atoms with E-state index in [1.807, 2.05) is 13.8 Å². The van der Waals surface area contributed by atoms with Gasteiger partial charge in [0.2, 0.25) is 5.91 Å². The summed E-state index contributed by atoms with van der Waals surface area (Å²) in [4.78, 5) is 25.6.